The third kappa shape index (κ3) is 4.58. The summed E-state index contributed by atoms with van der Waals surface area (Å²) < 4.78 is 5.31. The standard InChI is InChI=1S/C18H13N3O3S/c22-17(15-7-1-2-9-19-15)21-20-12-13-5-3-6-14(11-13)24-18(23)16-8-4-10-25-16/h1-12H,(H,21,22). The van der Waals surface area contributed by atoms with Crippen molar-refractivity contribution >= 4 is 29.4 Å². The van der Waals surface area contributed by atoms with E-state index in [2.05, 4.69) is 15.5 Å². The third-order valence-corrected chi connectivity index (χ3v) is 3.92. The Labute approximate surface area is 147 Å². The number of esters is 1. The molecule has 2 aromatic heterocycles. The van der Waals surface area contributed by atoms with Crippen molar-refractivity contribution < 1.29 is 14.3 Å². The van der Waals surface area contributed by atoms with Gasteiger partial charge in [-0.3, -0.25) is 9.78 Å². The maximum absolute atomic E-state index is 11.9. The lowest BCUT2D eigenvalue weighted by Gasteiger charge is -2.03. The second-order valence-electron chi connectivity index (χ2n) is 4.85. The fourth-order valence-corrected chi connectivity index (χ4v) is 2.53. The van der Waals surface area contributed by atoms with Gasteiger partial charge < -0.3 is 4.74 Å². The van der Waals surface area contributed by atoms with E-state index in [1.165, 1.54) is 23.7 Å². The van der Waals surface area contributed by atoms with E-state index in [0.717, 1.165) is 0 Å². The van der Waals surface area contributed by atoms with Crippen LogP contribution in [-0.4, -0.2) is 23.1 Å². The summed E-state index contributed by atoms with van der Waals surface area (Å²) in [6.45, 7) is 0. The average molecular weight is 351 g/mol. The Bertz CT molecular complexity index is 893. The van der Waals surface area contributed by atoms with E-state index in [9.17, 15) is 9.59 Å². The van der Waals surface area contributed by atoms with Crippen LogP contribution in [0, 0.1) is 0 Å². The smallest absolute Gasteiger partial charge is 0.353 e. The average Bonchev–Trinajstić information content (AvgIpc) is 3.17. The second kappa shape index (κ2) is 7.98. The molecule has 0 atom stereocenters. The number of carbonyl (C=O) groups excluding carboxylic acids is 2. The summed E-state index contributed by atoms with van der Waals surface area (Å²) in [4.78, 5) is 28.2. The van der Waals surface area contributed by atoms with Gasteiger partial charge in [-0.2, -0.15) is 5.10 Å². The van der Waals surface area contributed by atoms with Crippen molar-refractivity contribution in [3.05, 3.63) is 82.3 Å². The topological polar surface area (TPSA) is 80.6 Å². The minimum absolute atomic E-state index is 0.276. The number of benzene rings is 1. The number of pyridine rings is 1. The van der Waals surface area contributed by atoms with Crippen LogP contribution in [0.1, 0.15) is 25.7 Å². The Balaban J connectivity index is 1.61. The largest absolute Gasteiger partial charge is 0.422 e. The first-order chi connectivity index (χ1) is 12.2. The van der Waals surface area contributed by atoms with E-state index >= 15 is 0 Å². The third-order valence-electron chi connectivity index (χ3n) is 3.07. The minimum Gasteiger partial charge on any atom is -0.422 e. The van der Waals surface area contributed by atoms with Gasteiger partial charge in [0.15, 0.2) is 0 Å². The first-order valence-corrected chi connectivity index (χ1v) is 8.20. The number of aromatic nitrogens is 1. The molecule has 0 fully saturated rings. The Morgan fingerprint density at radius 1 is 1.12 bits per heavy atom. The predicted octanol–water partition coefficient (Wildman–Crippen LogP) is 3.13. The molecule has 0 bridgehead atoms. The second-order valence-corrected chi connectivity index (χ2v) is 5.80. The molecule has 3 rings (SSSR count). The minimum atomic E-state index is -0.410. The van der Waals surface area contributed by atoms with Crippen LogP contribution in [0.3, 0.4) is 0 Å². The number of thiophene rings is 1. The van der Waals surface area contributed by atoms with Crippen LogP contribution in [0.4, 0.5) is 0 Å². The molecule has 0 unspecified atom stereocenters. The molecule has 25 heavy (non-hydrogen) atoms. The number of ether oxygens (including phenoxy) is 1. The summed E-state index contributed by atoms with van der Waals surface area (Å²) in [7, 11) is 0. The van der Waals surface area contributed by atoms with E-state index in [-0.39, 0.29) is 5.69 Å². The Morgan fingerprint density at radius 2 is 2.04 bits per heavy atom. The summed E-state index contributed by atoms with van der Waals surface area (Å²) in [6.07, 6.45) is 2.99. The zero-order chi connectivity index (χ0) is 17.5. The van der Waals surface area contributed by atoms with Gasteiger partial charge in [0.25, 0.3) is 5.91 Å². The van der Waals surface area contributed by atoms with E-state index < -0.39 is 11.9 Å². The molecule has 0 spiro atoms. The van der Waals surface area contributed by atoms with Crippen LogP contribution in [0.5, 0.6) is 5.75 Å². The van der Waals surface area contributed by atoms with Crippen molar-refractivity contribution in [1.82, 2.24) is 10.4 Å². The highest BCUT2D eigenvalue weighted by Gasteiger charge is 2.09. The fraction of sp³-hybridized carbons (Fsp3) is 0. The molecule has 0 aliphatic carbocycles. The number of hydrazone groups is 1. The quantitative estimate of drug-likeness (QED) is 0.331. The number of nitrogens with one attached hydrogen (secondary N) is 1. The Hall–Kier alpha value is -3.32. The highest BCUT2D eigenvalue weighted by molar-refractivity contribution is 7.12. The molecule has 124 valence electrons. The van der Waals surface area contributed by atoms with Crippen LogP contribution in [0.25, 0.3) is 0 Å². The van der Waals surface area contributed by atoms with Gasteiger partial charge in [-0.25, -0.2) is 10.2 Å². The lowest BCUT2D eigenvalue weighted by molar-refractivity contribution is 0.0739. The zero-order valence-electron chi connectivity index (χ0n) is 13.0. The van der Waals surface area contributed by atoms with Gasteiger partial charge in [0.05, 0.1) is 6.21 Å². The number of nitrogens with zero attached hydrogens (tertiary/aromatic N) is 2. The molecule has 0 radical (unpaired) electrons. The molecule has 0 aliphatic heterocycles. The van der Waals surface area contributed by atoms with Crippen LogP contribution in [0.15, 0.2) is 71.3 Å². The maximum Gasteiger partial charge on any atom is 0.353 e. The normalized spacial score (nSPS) is 10.6. The molecular weight excluding hydrogens is 338 g/mol. The molecule has 0 saturated heterocycles. The maximum atomic E-state index is 11.9. The summed E-state index contributed by atoms with van der Waals surface area (Å²) in [5.41, 5.74) is 3.35. The molecule has 0 saturated carbocycles. The molecule has 6 nitrogen and oxygen atoms in total. The van der Waals surface area contributed by atoms with Crippen LogP contribution >= 0.6 is 11.3 Å². The molecule has 1 N–H and O–H groups in total. The van der Waals surface area contributed by atoms with Crippen molar-refractivity contribution in [3.63, 3.8) is 0 Å². The van der Waals surface area contributed by atoms with Gasteiger partial charge in [-0.05, 0) is 41.3 Å². The van der Waals surface area contributed by atoms with Gasteiger partial charge >= 0.3 is 5.97 Å². The van der Waals surface area contributed by atoms with Gasteiger partial charge in [0, 0.05) is 6.20 Å². The lowest BCUT2D eigenvalue weighted by Crippen LogP contribution is -2.18. The molecule has 1 aromatic carbocycles. The first-order valence-electron chi connectivity index (χ1n) is 7.32. The summed E-state index contributed by atoms with van der Waals surface area (Å²) in [6, 6.07) is 15.4. The molecule has 3 aromatic rings. The van der Waals surface area contributed by atoms with Gasteiger partial charge in [-0.1, -0.05) is 24.3 Å². The zero-order valence-corrected chi connectivity index (χ0v) is 13.8. The van der Waals surface area contributed by atoms with E-state index in [0.29, 0.717) is 16.2 Å². The summed E-state index contributed by atoms with van der Waals surface area (Å²) >= 11 is 1.32. The molecule has 1 amide bonds. The lowest BCUT2D eigenvalue weighted by atomic mass is 10.2. The van der Waals surface area contributed by atoms with Gasteiger partial charge in [0.2, 0.25) is 0 Å². The summed E-state index contributed by atoms with van der Waals surface area (Å²) in [5, 5.41) is 5.69. The van der Waals surface area contributed by atoms with Gasteiger partial charge in [-0.15, -0.1) is 11.3 Å². The highest BCUT2D eigenvalue weighted by atomic mass is 32.1. The van der Waals surface area contributed by atoms with Crippen LogP contribution < -0.4 is 10.2 Å². The van der Waals surface area contributed by atoms with Crippen molar-refractivity contribution in [3.8, 4) is 5.75 Å². The predicted molar refractivity (Wildman–Crippen MR) is 95.0 cm³/mol. The molecule has 0 aliphatic rings. The number of amides is 1. The Morgan fingerprint density at radius 3 is 2.80 bits per heavy atom. The van der Waals surface area contributed by atoms with Crippen molar-refractivity contribution in [1.29, 1.82) is 0 Å². The van der Waals surface area contributed by atoms with E-state index in [4.69, 9.17) is 4.74 Å². The number of rotatable bonds is 5. The Kier molecular flexibility index (Phi) is 5.28. The fourth-order valence-electron chi connectivity index (χ4n) is 1.93. The molecular formula is C18H13N3O3S. The highest BCUT2D eigenvalue weighted by Crippen LogP contribution is 2.16. The van der Waals surface area contributed by atoms with Crippen molar-refractivity contribution in [2.75, 3.05) is 0 Å². The monoisotopic (exact) mass is 351 g/mol. The van der Waals surface area contributed by atoms with Crippen LogP contribution in [-0.2, 0) is 0 Å². The number of hydrogen-bond donors (Lipinski definition) is 1. The van der Waals surface area contributed by atoms with E-state index in [1.807, 2.05) is 5.38 Å². The van der Waals surface area contributed by atoms with Gasteiger partial charge in [0.1, 0.15) is 16.3 Å². The number of carbonyl (C=O) groups is 2. The first kappa shape index (κ1) is 16.5. The van der Waals surface area contributed by atoms with E-state index in [1.54, 1.807) is 54.6 Å². The summed E-state index contributed by atoms with van der Waals surface area (Å²) in [5.74, 6) is -0.414. The van der Waals surface area contributed by atoms with Crippen molar-refractivity contribution in [2.24, 2.45) is 5.10 Å². The molecule has 2 heterocycles. The molecule has 7 heteroatoms. The van der Waals surface area contributed by atoms with Crippen molar-refractivity contribution in [2.45, 2.75) is 0 Å². The number of hydrogen-bond acceptors (Lipinski definition) is 6. The SMILES string of the molecule is O=C(NN=Cc1cccc(OC(=O)c2cccs2)c1)c1ccccn1. The van der Waals surface area contributed by atoms with Crippen LogP contribution in [0.2, 0.25) is 0 Å².